The Hall–Kier alpha value is -3.02. The maximum absolute atomic E-state index is 15.0. The van der Waals surface area contributed by atoms with Crippen LogP contribution in [0.15, 0.2) is 0 Å². The summed E-state index contributed by atoms with van der Waals surface area (Å²) in [6, 6.07) is -3.74. The van der Waals surface area contributed by atoms with E-state index in [4.69, 9.17) is 0 Å². The van der Waals surface area contributed by atoms with Gasteiger partial charge >= 0.3 is 0 Å². The zero-order chi connectivity index (χ0) is 38.6. The number of likely N-dealkylation sites (tertiary alicyclic amines) is 2. The molecular weight excluding hydrogens is 660 g/mol. The lowest BCUT2D eigenvalue weighted by Gasteiger charge is -2.39. The van der Waals surface area contributed by atoms with Gasteiger partial charge in [-0.3, -0.25) is 28.8 Å². The summed E-state index contributed by atoms with van der Waals surface area (Å²) in [6.07, 6.45) is 7.89. The highest BCUT2D eigenvalue weighted by molar-refractivity contribution is 6.38. The first-order valence-corrected chi connectivity index (χ1v) is 19.8. The third kappa shape index (κ3) is 7.38. The molecule has 0 aromatic rings. The van der Waals surface area contributed by atoms with E-state index in [-0.39, 0.29) is 40.0 Å². The first kappa shape index (κ1) is 40.2. The highest BCUT2D eigenvalue weighted by atomic mass is 16.2. The third-order valence-corrected chi connectivity index (χ3v) is 13.6. The summed E-state index contributed by atoms with van der Waals surface area (Å²) < 4.78 is 0. The summed E-state index contributed by atoms with van der Waals surface area (Å²) in [5, 5.41) is 11.8. The fourth-order valence-electron chi connectivity index (χ4n) is 9.89. The number of hydrogen-bond acceptors (Lipinski definition) is 7. The Balaban J connectivity index is 1.40. The molecule has 3 saturated carbocycles. The molecule has 2 saturated heterocycles. The van der Waals surface area contributed by atoms with Gasteiger partial charge in [-0.15, -0.1) is 0 Å². The summed E-state index contributed by atoms with van der Waals surface area (Å²) in [7, 11) is 1.99. The summed E-state index contributed by atoms with van der Waals surface area (Å²) in [4.78, 5) is 86.8. The average molecular weight is 727 g/mol. The second-order valence-corrected chi connectivity index (χ2v) is 19.5. The van der Waals surface area contributed by atoms with Crippen LogP contribution in [0.4, 0.5) is 0 Å². The first-order valence-electron chi connectivity index (χ1n) is 19.8. The quantitative estimate of drug-likeness (QED) is 0.225. The molecule has 5 aliphatic rings. The number of rotatable bonds is 12. The number of nitrogens with zero attached hydrogens (tertiary/aromatic N) is 2. The molecule has 5 amide bonds. The fourth-order valence-corrected chi connectivity index (χ4v) is 9.89. The van der Waals surface area contributed by atoms with Crippen molar-refractivity contribution >= 4 is 35.3 Å². The van der Waals surface area contributed by atoms with E-state index in [1.165, 1.54) is 0 Å². The predicted octanol–water partition coefficient (Wildman–Crippen LogP) is 3.32. The highest BCUT2D eigenvalue weighted by Gasteiger charge is 2.85. The van der Waals surface area contributed by atoms with E-state index in [0.717, 1.165) is 51.5 Å². The molecule has 4 N–H and O–H groups in total. The number of ketones is 1. The normalized spacial score (nSPS) is 28.3. The van der Waals surface area contributed by atoms with E-state index in [0.29, 0.717) is 32.4 Å². The molecule has 2 heterocycles. The van der Waals surface area contributed by atoms with Gasteiger partial charge < -0.3 is 31.1 Å². The zero-order valence-corrected chi connectivity index (χ0v) is 33.5. The molecule has 5 fully saturated rings. The molecule has 5 rings (SSSR count). The standard InChI is InChI=1S/C40H66N6O6/c1-11-14-26(28(47)33(50)41-25-16-17-25)42-32(49)27-21-40(38(8,9)39(40)18-13-19-39)23-46(27)35(52)30(37(5,6)7)44-34(51)29(36(2,3)4)43-31(48)24-15-12-20-45(10)22-24/h24-27,29-30H,11-23H2,1-10H3,(H,41,50)(H,42,49)(H,43,48)(H,44,51)/t24-,26?,27+,29-,30-,40-/m1/s1. The number of amides is 5. The molecule has 52 heavy (non-hydrogen) atoms. The average Bonchev–Trinajstić information content (AvgIpc) is 3.85. The van der Waals surface area contributed by atoms with Crippen molar-refractivity contribution in [1.29, 1.82) is 0 Å². The Morgan fingerprint density at radius 2 is 1.44 bits per heavy atom. The van der Waals surface area contributed by atoms with E-state index < -0.39 is 58.5 Å². The number of Topliss-reactive ketones (excluding diaryl/α,β-unsaturated/α-hetero) is 1. The van der Waals surface area contributed by atoms with E-state index in [1.54, 1.807) is 4.90 Å². The maximum atomic E-state index is 15.0. The molecule has 0 radical (unpaired) electrons. The lowest BCUT2D eigenvalue weighted by Crippen LogP contribution is -2.63. The Morgan fingerprint density at radius 1 is 0.808 bits per heavy atom. The molecule has 0 aromatic carbocycles. The van der Waals surface area contributed by atoms with Crippen LogP contribution in [0.1, 0.15) is 127 Å². The number of nitrogens with one attached hydrogen (secondary N) is 4. The van der Waals surface area contributed by atoms with Gasteiger partial charge in [0.2, 0.25) is 29.4 Å². The van der Waals surface area contributed by atoms with Crippen molar-refractivity contribution in [2.75, 3.05) is 26.7 Å². The van der Waals surface area contributed by atoms with Gasteiger partial charge in [-0.05, 0) is 86.6 Å². The minimum absolute atomic E-state index is 0.0118. The Kier molecular flexibility index (Phi) is 11.1. The molecule has 6 atom stereocenters. The van der Waals surface area contributed by atoms with Gasteiger partial charge in [0.15, 0.2) is 0 Å². The Morgan fingerprint density at radius 3 is 1.94 bits per heavy atom. The van der Waals surface area contributed by atoms with Crippen molar-refractivity contribution < 1.29 is 28.8 Å². The van der Waals surface area contributed by atoms with Gasteiger partial charge in [-0.2, -0.15) is 0 Å². The van der Waals surface area contributed by atoms with Crippen LogP contribution in [0, 0.1) is 33.0 Å². The number of hydrogen-bond donors (Lipinski definition) is 4. The van der Waals surface area contributed by atoms with Crippen LogP contribution in [0.25, 0.3) is 0 Å². The van der Waals surface area contributed by atoms with Crippen LogP contribution in [-0.2, 0) is 28.8 Å². The van der Waals surface area contributed by atoms with Crippen molar-refractivity contribution in [2.24, 2.45) is 33.0 Å². The van der Waals surface area contributed by atoms with Gasteiger partial charge in [-0.25, -0.2) is 0 Å². The van der Waals surface area contributed by atoms with Crippen LogP contribution in [0.5, 0.6) is 0 Å². The smallest absolute Gasteiger partial charge is 0.289 e. The maximum Gasteiger partial charge on any atom is 0.289 e. The summed E-state index contributed by atoms with van der Waals surface area (Å²) in [5.41, 5.74) is -1.72. The minimum Gasteiger partial charge on any atom is -0.347 e. The molecular formula is C40H66N6O6. The van der Waals surface area contributed by atoms with Gasteiger partial charge in [0.05, 0.1) is 12.0 Å². The van der Waals surface area contributed by atoms with Crippen LogP contribution < -0.4 is 21.3 Å². The SMILES string of the molecule is CCCC(NC(=O)[C@@H]1C[C@@]2(CN1C(=O)[C@@H](NC(=O)[C@@H](NC(=O)[C@@H]1CCCN(C)C1)C(C)(C)C)C(C)(C)C)C(C)(C)C21CCC1)C(=O)C(=O)NC1CC1. The van der Waals surface area contributed by atoms with Crippen LogP contribution in [0.3, 0.4) is 0 Å². The van der Waals surface area contributed by atoms with Crippen molar-refractivity contribution in [3.8, 4) is 0 Å². The van der Waals surface area contributed by atoms with Crippen molar-refractivity contribution in [3.63, 3.8) is 0 Å². The lowest BCUT2D eigenvalue weighted by atomic mass is 9.73. The van der Waals surface area contributed by atoms with Gasteiger partial charge in [0.25, 0.3) is 5.91 Å². The van der Waals surface area contributed by atoms with E-state index in [9.17, 15) is 28.8 Å². The second kappa shape index (κ2) is 14.3. The topological polar surface area (TPSA) is 157 Å². The molecule has 0 bridgehead atoms. The van der Waals surface area contributed by atoms with Crippen LogP contribution >= 0.6 is 0 Å². The predicted molar refractivity (Wildman–Crippen MR) is 199 cm³/mol. The van der Waals surface area contributed by atoms with Crippen molar-refractivity contribution in [3.05, 3.63) is 0 Å². The number of piperidine rings is 1. The summed E-state index contributed by atoms with van der Waals surface area (Å²) in [6.45, 7) is 19.7. The number of fused-ring (bicyclic) bond motifs is 1. The molecule has 2 spiro atoms. The molecule has 12 heteroatoms. The largest absolute Gasteiger partial charge is 0.347 e. The Labute approximate surface area is 311 Å². The van der Waals surface area contributed by atoms with Gasteiger partial charge in [-0.1, -0.05) is 75.2 Å². The fraction of sp³-hybridized carbons (Fsp3) is 0.850. The number of carbonyl (C=O) groups is 6. The first-order chi connectivity index (χ1) is 24.1. The molecule has 2 aliphatic heterocycles. The molecule has 3 aliphatic carbocycles. The van der Waals surface area contributed by atoms with E-state index in [2.05, 4.69) is 40.0 Å². The van der Waals surface area contributed by atoms with Crippen molar-refractivity contribution in [1.82, 2.24) is 31.1 Å². The Bertz CT molecular complexity index is 1440. The monoisotopic (exact) mass is 727 g/mol. The van der Waals surface area contributed by atoms with Crippen LogP contribution in [0.2, 0.25) is 0 Å². The highest BCUT2D eigenvalue weighted by Crippen LogP contribution is 2.88. The second-order valence-electron chi connectivity index (χ2n) is 19.5. The molecule has 12 nitrogen and oxygen atoms in total. The van der Waals surface area contributed by atoms with Crippen LogP contribution in [-0.4, -0.2) is 102 Å². The van der Waals surface area contributed by atoms with Crippen molar-refractivity contribution in [2.45, 2.75) is 157 Å². The minimum atomic E-state index is -0.996. The lowest BCUT2D eigenvalue weighted by molar-refractivity contribution is -0.146. The molecule has 0 aromatic heterocycles. The van der Waals surface area contributed by atoms with Gasteiger partial charge in [0.1, 0.15) is 18.1 Å². The van der Waals surface area contributed by atoms with E-state index in [1.807, 2.05) is 55.5 Å². The van der Waals surface area contributed by atoms with Gasteiger partial charge in [0, 0.05) is 24.5 Å². The third-order valence-electron chi connectivity index (χ3n) is 13.6. The zero-order valence-electron chi connectivity index (χ0n) is 33.5. The van der Waals surface area contributed by atoms with E-state index >= 15 is 0 Å². The molecule has 1 unspecified atom stereocenters. The summed E-state index contributed by atoms with van der Waals surface area (Å²) >= 11 is 0. The number of carbonyl (C=O) groups excluding carboxylic acids is 6. The summed E-state index contributed by atoms with van der Waals surface area (Å²) in [5.74, 6) is -2.96. The molecule has 292 valence electrons.